The molecule has 0 aliphatic carbocycles. The Morgan fingerprint density at radius 3 is 2.31 bits per heavy atom. The van der Waals surface area contributed by atoms with Gasteiger partial charge in [0.15, 0.2) is 0 Å². The van der Waals surface area contributed by atoms with Crippen molar-refractivity contribution in [1.29, 1.82) is 0 Å². The summed E-state index contributed by atoms with van der Waals surface area (Å²) in [5, 5.41) is 3.48. The molecule has 2 saturated heterocycles. The average Bonchev–Trinajstić information content (AvgIpc) is 3.27. The molecular formula is C29H35N5O2. The highest BCUT2D eigenvalue weighted by atomic mass is 16.2. The topological polar surface area (TPSA) is 83.6 Å². The number of piperidine rings is 1. The second-order valence-corrected chi connectivity index (χ2v) is 9.92. The Bertz CT molecular complexity index is 1200. The van der Waals surface area contributed by atoms with Gasteiger partial charge in [0.25, 0.3) is 5.91 Å². The van der Waals surface area contributed by atoms with Crippen molar-refractivity contribution in [3.63, 3.8) is 0 Å². The molecule has 2 amide bonds. The summed E-state index contributed by atoms with van der Waals surface area (Å²) in [4.78, 5) is 30.2. The molecule has 188 valence electrons. The normalized spacial score (nSPS) is 19.4. The van der Waals surface area contributed by atoms with Crippen LogP contribution in [-0.4, -0.2) is 71.5 Å². The van der Waals surface area contributed by atoms with E-state index in [2.05, 4.69) is 46.0 Å². The van der Waals surface area contributed by atoms with Crippen molar-refractivity contribution in [1.82, 2.24) is 19.7 Å². The van der Waals surface area contributed by atoms with Crippen LogP contribution in [0.5, 0.6) is 0 Å². The molecule has 7 heteroatoms. The highest BCUT2D eigenvalue weighted by Gasteiger charge is 2.33. The first-order valence-electron chi connectivity index (χ1n) is 12.9. The van der Waals surface area contributed by atoms with Crippen LogP contribution in [0.4, 0.5) is 0 Å². The summed E-state index contributed by atoms with van der Waals surface area (Å²) >= 11 is 0. The van der Waals surface area contributed by atoms with Crippen molar-refractivity contribution in [2.45, 2.75) is 25.8 Å². The Balaban J connectivity index is 1.45. The standard InChI is InChI=1S/C29H35N5O2/c1-21-18-26(27(22-8-4-2-5-9-22)34(21)24-10-6-3-7-11-24)29(36)33-17-14-31-19-25(33)20-32-15-12-23(13-16-32)28(30)35/h2-11,18,23,25,31H,12-17,19-20H2,1H3,(H2,30,35)/t25-/m0/s1. The number of carbonyl (C=O) groups excluding carboxylic acids is 2. The number of nitrogens with one attached hydrogen (secondary N) is 1. The highest BCUT2D eigenvalue weighted by Crippen LogP contribution is 2.32. The van der Waals surface area contributed by atoms with Gasteiger partial charge in [0.2, 0.25) is 5.91 Å². The van der Waals surface area contributed by atoms with Crippen LogP contribution in [0.15, 0.2) is 66.7 Å². The van der Waals surface area contributed by atoms with E-state index in [-0.39, 0.29) is 23.8 Å². The first-order valence-corrected chi connectivity index (χ1v) is 12.9. The van der Waals surface area contributed by atoms with Crippen molar-refractivity contribution in [3.8, 4) is 16.9 Å². The van der Waals surface area contributed by atoms with Gasteiger partial charge in [0.1, 0.15) is 0 Å². The molecule has 0 unspecified atom stereocenters. The van der Waals surface area contributed by atoms with Gasteiger partial charge in [0, 0.05) is 43.5 Å². The third-order valence-corrected chi connectivity index (χ3v) is 7.55. The lowest BCUT2D eigenvalue weighted by molar-refractivity contribution is -0.123. The van der Waals surface area contributed by atoms with E-state index in [1.54, 1.807) is 0 Å². The summed E-state index contributed by atoms with van der Waals surface area (Å²) in [6.07, 6.45) is 1.58. The van der Waals surface area contributed by atoms with Crippen molar-refractivity contribution in [3.05, 3.63) is 78.0 Å². The molecule has 0 spiro atoms. The van der Waals surface area contributed by atoms with E-state index in [0.717, 1.165) is 73.8 Å². The number of hydrogen-bond donors (Lipinski definition) is 2. The van der Waals surface area contributed by atoms with Crippen LogP contribution in [0.2, 0.25) is 0 Å². The Labute approximate surface area is 212 Å². The van der Waals surface area contributed by atoms with E-state index in [4.69, 9.17) is 5.73 Å². The fourth-order valence-corrected chi connectivity index (χ4v) is 5.64. The summed E-state index contributed by atoms with van der Waals surface area (Å²) < 4.78 is 2.19. The fraction of sp³-hybridized carbons (Fsp3) is 0.379. The van der Waals surface area contributed by atoms with Crippen LogP contribution in [0.25, 0.3) is 16.9 Å². The lowest BCUT2D eigenvalue weighted by Gasteiger charge is -2.40. The second kappa shape index (κ2) is 10.7. The molecule has 0 bridgehead atoms. The van der Waals surface area contributed by atoms with Gasteiger partial charge in [-0.15, -0.1) is 0 Å². The van der Waals surface area contributed by atoms with E-state index >= 15 is 0 Å². The van der Waals surface area contributed by atoms with E-state index in [1.807, 2.05) is 47.4 Å². The van der Waals surface area contributed by atoms with Gasteiger partial charge >= 0.3 is 0 Å². The van der Waals surface area contributed by atoms with Crippen molar-refractivity contribution >= 4 is 11.8 Å². The number of nitrogens with two attached hydrogens (primary N) is 1. The van der Waals surface area contributed by atoms with E-state index < -0.39 is 0 Å². The molecule has 0 radical (unpaired) electrons. The van der Waals surface area contributed by atoms with Crippen LogP contribution in [0.3, 0.4) is 0 Å². The lowest BCUT2D eigenvalue weighted by Crippen LogP contribution is -2.58. The number of aryl methyl sites for hydroxylation is 1. The lowest BCUT2D eigenvalue weighted by atomic mass is 9.95. The maximum absolute atomic E-state index is 14.2. The molecule has 2 aromatic carbocycles. The summed E-state index contributed by atoms with van der Waals surface area (Å²) in [6.45, 7) is 6.75. The smallest absolute Gasteiger partial charge is 0.256 e. The van der Waals surface area contributed by atoms with Gasteiger partial charge in [-0.25, -0.2) is 0 Å². The van der Waals surface area contributed by atoms with E-state index in [1.165, 1.54) is 0 Å². The molecule has 3 N–H and O–H groups in total. The van der Waals surface area contributed by atoms with Gasteiger partial charge in [-0.1, -0.05) is 48.5 Å². The molecule has 1 atom stereocenters. The molecule has 2 aliphatic heterocycles. The number of para-hydroxylation sites is 1. The number of amides is 2. The SMILES string of the molecule is Cc1cc(C(=O)N2CCNC[C@H]2CN2CCC(C(N)=O)CC2)c(-c2ccccc2)n1-c1ccccc1. The average molecular weight is 486 g/mol. The van der Waals surface area contributed by atoms with Crippen LogP contribution in [-0.2, 0) is 4.79 Å². The summed E-state index contributed by atoms with van der Waals surface area (Å²) in [7, 11) is 0. The maximum Gasteiger partial charge on any atom is 0.256 e. The zero-order chi connectivity index (χ0) is 25.1. The largest absolute Gasteiger partial charge is 0.369 e. The molecule has 36 heavy (non-hydrogen) atoms. The maximum atomic E-state index is 14.2. The zero-order valence-corrected chi connectivity index (χ0v) is 20.9. The van der Waals surface area contributed by atoms with Gasteiger partial charge in [-0.3, -0.25) is 9.59 Å². The zero-order valence-electron chi connectivity index (χ0n) is 20.9. The first kappa shape index (κ1) is 24.3. The third kappa shape index (κ3) is 4.94. The minimum absolute atomic E-state index is 0.0300. The molecule has 2 aliphatic rings. The molecule has 7 nitrogen and oxygen atoms in total. The van der Waals surface area contributed by atoms with Crippen LogP contribution >= 0.6 is 0 Å². The number of carbonyl (C=O) groups is 2. The fourth-order valence-electron chi connectivity index (χ4n) is 5.64. The minimum atomic E-state index is -0.197. The number of primary amides is 1. The molecule has 5 rings (SSSR count). The van der Waals surface area contributed by atoms with Gasteiger partial charge in [0.05, 0.1) is 17.3 Å². The number of likely N-dealkylation sites (tertiary alicyclic amines) is 1. The Hall–Kier alpha value is -3.42. The number of nitrogens with zero attached hydrogens (tertiary/aromatic N) is 3. The minimum Gasteiger partial charge on any atom is -0.369 e. The molecular weight excluding hydrogens is 450 g/mol. The summed E-state index contributed by atoms with van der Waals surface area (Å²) in [6, 6.07) is 22.5. The molecule has 0 saturated carbocycles. The van der Waals surface area contributed by atoms with Crippen LogP contribution in [0.1, 0.15) is 28.9 Å². The third-order valence-electron chi connectivity index (χ3n) is 7.55. The van der Waals surface area contributed by atoms with Gasteiger partial charge in [-0.2, -0.15) is 0 Å². The van der Waals surface area contributed by atoms with E-state index in [9.17, 15) is 9.59 Å². The molecule has 3 aromatic rings. The molecule has 1 aromatic heterocycles. The number of piperazine rings is 1. The highest BCUT2D eigenvalue weighted by molar-refractivity contribution is 6.01. The summed E-state index contributed by atoms with van der Waals surface area (Å²) in [5.41, 5.74) is 10.3. The Kier molecular flexibility index (Phi) is 7.20. The number of aromatic nitrogens is 1. The Morgan fingerprint density at radius 2 is 1.64 bits per heavy atom. The number of benzene rings is 2. The number of rotatable bonds is 6. The van der Waals surface area contributed by atoms with Gasteiger partial charge < -0.3 is 25.4 Å². The number of hydrogen-bond acceptors (Lipinski definition) is 4. The second-order valence-electron chi connectivity index (χ2n) is 9.92. The molecule has 3 heterocycles. The molecule has 2 fully saturated rings. The monoisotopic (exact) mass is 485 g/mol. The predicted molar refractivity (Wildman–Crippen MR) is 142 cm³/mol. The quantitative estimate of drug-likeness (QED) is 0.562. The van der Waals surface area contributed by atoms with Crippen LogP contribution < -0.4 is 11.1 Å². The van der Waals surface area contributed by atoms with Crippen molar-refractivity contribution < 1.29 is 9.59 Å². The summed E-state index contributed by atoms with van der Waals surface area (Å²) in [5.74, 6) is -0.152. The van der Waals surface area contributed by atoms with Gasteiger partial charge in [-0.05, 0) is 56.6 Å². The van der Waals surface area contributed by atoms with Crippen LogP contribution in [0, 0.1) is 12.8 Å². The first-order chi connectivity index (χ1) is 17.5. The van der Waals surface area contributed by atoms with Crippen molar-refractivity contribution in [2.75, 3.05) is 39.3 Å². The van der Waals surface area contributed by atoms with E-state index in [0.29, 0.717) is 6.54 Å². The van der Waals surface area contributed by atoms with Crippen molar-refractivity contribution in [2.24, 2.45) is 11.7 Å². The Morgan fingerprint density at radius 1 is 0.972 bits per heavy atom. The predicted octanol–water partition coefficient (Wildman–Crippen LogP) is 3.06.